The summed E-state index contributed by atoms with van der Waals surface area (Å²) in [4.78, 5) is 8.00. The van der Waals surface area contributed by atoms with Crippen LogP contribution in [0.15, 0.2) is 18.2 Å². The highest BCUT2D eigenvalue weighted by Gasteiger charge is 2.10. The maximum Gasteiger partial charge on any atom is 0.488 e. The highest BCUT2D eigenvalue weighted by molar-refractivity contribution is 6.58. The second kappa shape index (κ2) is 5.51. The lowest BCUT2D eigenvalue weighted by Gasteiger charge is -2.02. The van der Waals surface area contributed by atoms with Crippen LogP contribution in [0, 0.1) is 13.8 Å². The van der Waals surface area contributed by atoms with Crippen molar-refractivity contribution in [2.24, 2.45) is 0 Å². The molecule has 1 rings (SSSR count). The summed E-state index contributed by atoms with van der Waals surface area (Å²) in [5, 5.41) is 17.6. The molecule has 1 aromatic carbocycles. The molecule has 1 aromatic rings. The fraction of sp³-hybridized carbons (Fsp3) is 0.222. The molecule has 2 N–H and O–H groups in total. The first-order valence-electron chi connectivity index (χ1n) is 3.83. The van der Waals surface area contributed by atoms with Crippen molar-refractivity contribution >= 4 is 19.4 Å². The number of carbonyl (C=O) groups is 1. The van der Waals surface area contributed by atoms with Crippen molar-refractivity contribution in [3.05, 3.63) is 29.3 Å². The molecular weight excluding hydrogens is 167 g/mol. The molecule has 0 bridgehead atoms. The lowest BCUT2D eigenvalue weighted by atomic mass is 9.79. The maximum absolute atomic E-state index is 8.79. The molecule has 70 valence electrons. The van der Waals surface area contributed by atoms with Crippen LogP contribution in [0.4, 0.5) is 0 Å². The fourth-order valence-electron chi connectivity index (χ4n) is 0.925. The van der Waals surface area contributed by atoms with E-state index in [9.17, 15) is 0 Å². The number of hydrogen-bond acceptors (Lipinski definition) is 3. The van der Waals surface area contributed by atoms with Gasteiger partial charge in [0.25, 0.3) is 0 Å². The summed E-state index contributed by atoms with van der Waals surface area (Å²) in [5.74, 6) is 0. The van der Waals surface area contributed by atoms with Crippen LogP contribution in [0.25, 0.3) is 0 Å². The van der Waals surface area contributed by atoms with Crippen molar-refractivity contribution in [2.75, 3.05) is 0 Å². The summed E-state index contributed by atoms with van der Waals surface area (Å²) in [5.41, 5.74) is 2.79. The summed E-state index contributed by atoms with van der Waals surface area (Å²) in [6.07, 6.45) is 0. The Hall–Kier alpha value is -1.13. The van der Waals surface area contributed by atoms with E-state index in [4.69, 9.17) is 14.8 Å². The standard InChI is InChI=1S/C8H11BO2.CH2O/c1-6-3-4-8(9(10)11)5-7(6)2;1-2/h3-5,10-11H,1-2H3;1H2. The Morgan fingerprint density at radius 1 is 1.15 bits per heavy atom. The zero-order valence-electron chi connectivity index (χ0n) is 7.82. The average Bonchev–Trinajstić information content (AvgIpc) is 2.13. The van der Waals surface area contributed by atoms with Crippen molar-refractivity contribution in [3.63, 3.8) is 0 Å². The second-order valence-electron chi connectivity index (χ2n) is 2.72. The molecule has 0 amide bonds. The minimum atomic E-state index is -1.35. The lowest BCUT2D eigenvalue weighted by Crippen LogP contribution is -2.29. The normalized spacial score (nSPS) is 8.62. The van der Waals surface area contributed by atoms with E-state index in [0.29, 0.717) is 5.46 Å². The average molecular weight is 180 g/mol. The van der Waals surface area contributed by atoms with E-state index in [-0.39, 0.29) is 0 Å². The highest BCUT2D eigenvalue weighted by Crippen LogP contribution is 2.02. The third-order valence-electron chi connectivity index (χ3n) is 1.83. The summed E-state index contributed by atoms with van der Waals surface area (Å²) in [6, 6.07) is 5.37. The Bertz CT molecular complexity index is 274. The lowest BCUT2D eigenvalue weighted by molar-refractivity contribution is -0.0979. The third-order valence-corrected chi connectivity index (χ3v) is 1.83. The van der Waals surface area contributed by atoms with Crippen molar-refractivity contribution < 1.29 is 14.8 Å². The van der Waals surface area contributed by atoms with E-state index in [1.165, 1.54) is 0 Å². The predicted octanol–water partition coefficient (Wildman–Crippen LogP) is -0.202. The van der Waals surface area contributed by atoms with Gasteiger partial charge in [0.05, 0.1) is 0 Å². The van der Waals surface area contributed by atoms with Gasteiger partial charge in [-0.25, -0.2) is 0 Å². The summed E-state index contributed by atoms with van der Waals surface area (Å²) < 4.78 is 0. The van der Waals surface area contributed by atoms with E-state index in [1.807, 2.05) is 26.7 Å². The summed E-state index contributed by atoms with van der Waals surface area (Å²) in [6.45, 7) is 5.93. The van der Waals surface area contributed by atoms with Crippen molar-refractivity contribution in [3.8, 4) is 0 Å². The molecule has 0 radical (unpaired) electrons. The van der Waals surface area contributed by atoms with Crippen molar-refractivity contribution in [1.29, 1.82) is 0 Å². The molecular formula is C9H13BO3. The van der Waals surface area contributed by atoms with Gasteiger partial charge in [0, 0.05) is 0 Å². The summed E-state index contributed by atoms with van der Waals surface area (Å²) >= 11 is 0. The minimum Gasteiger partial charge on any atom is -0.423 e. The fourth-order valence-corrected chi connectivity index (χ4v) is 0.925. The number of aryl methyl sites for hydroxylation is 2. The SMILES string of the molecule is C=O.Cc1ccc(B(O)O)cc1C. The monoisotopic (exact) mass is 180 g/mol. The quantitative estimate of drug-likeness (QED) is 0.588. The number of rotatable bonds is 1. The Morgan fingerprint density at radius 3 is 2.08 bits per heavy atom. The first-order chi connectivity index (χ1) is 6.11. The van der Waals surface area contributed by atoms with Crippen molar-refractivity contribution in [2.45, 2.75) is 13.8 Å². The van der Waals surface area contributed by atoms with Gasteiger partial charge in [-0.15, -0.1) is 0 Å². The van der Waals surface area contributed by atoms with Crippen LogP contribution in [-0.4, -0.2) is 24.0 Å². The zero-order valence-corrected chi connectivity index (χ0v) is 7.82. The first-order valence-corrected chi connectivity index (χ1v) is 3.83. The Morgan fingerprint density at radius 2 is 1.69 bits per heavy atom. The van der Waals surface area contributed by atoms with Gasteiger partial charge in [-0.1, -0.05) is 18.2 Å². The Balaban J connectivity index is 0.000000671. The largest absolute Gasteiger partial charge is 0.488 e. The van der Waals surface area contributed by atoms with Gasteiger partial charge >= 0.3 is 7.12 Å². The topological polar surface area (TPSA) is 57.5 Å². The molecule has 0 aromatic heterocycles. The minimum absolute atomic E-state index is 0.549. The molecule has 4 heteroatoms. The predicted molar refractivity (Wildman–Crippen MR) is 52.9 cm³/mol. The highest BCUT2D eigenvalue weighted by atomic mass is 16.4. The molecule has 0 unspecified atom stereocenters. The van der Waals surface area contributed by atoms with E-state index >= 15 is 0 Å². The summed E-state index contributed by atoms with van der Waals surface area (Å²) in [7, 11) is -1.35. The van der Waals surface area contributed by atoms with Gasteiger partial charge in [-0.2, -0.15) is 0 Å². The molecule has 3 nitrogen and oxygen atoms in total. The van der Waals surface area contributed by atoms with E-state index in [0.717, 1.165) is 11.1 Å². The van der Waals surface area contributed by atoms with E-state index < -0.39 is 7.12 Å². The molecule has 0 aliphatic heterocycles. The van der Waals surface area contributed by atoms with E-state index in [1.54, 1.807) is 12.1 Å². The first kappa shape index (κ1) is 11.9. The molecule has 0 aliphatic carbocycles. The Kier molecular flexibility index (Phi) is 5.03. The molecule has 0 atom stereocenters. The second-order valence-corrected chi connectivity index (χ2v) is 2.72. The van der Waals surface area contributed by atoms with Gasteiger partial charge in [-0.3, -0.25) is 0 Å². The van der Waals surface area contributed by atoms with Crippen LogP contribution in [0.2, 0.25) is 0 Å². The smallest absolute Gasteiger partial charge is 0.423 e. The molecule has 0 heterocycles. The van der Waals surface area contributed by atoms with Gasteiger partial charge < -0.3 is 14.8 Å². The maximum atomic E-state index is 8.79. The molecule has 0 fully saturated rings. The molecule has 13 heavy (non-hydrogen) atoms. The zero-order chi connectivity index (χ0) is 10.4. The molecule has 0 saturated carbocycles. The van der Waals surface area contributed by atoms with Crippen LogP contribution in [0.1, 0.15) is 11.1 Å². The van der Waals surface area contributed by atoms with Gasteiger partial charge in [-0.05, 0) is 30.4 Å². The number of hydrogen-bond donors (Lipinski definition) is 2. The van der Waals surface area contributed by atoms with Crippen molar-refractivity contribution in [1.82, 2.24) is 0 Å². The van der Waals surface area contributed by atoms with E-state index in [2.05, 4.69) is 0 Å². The molecule has 0 saturated heterocycles. The number of carbonyl (C=O) groups excluding carboxylic acids is 1. The van der Waals surface area contributed by atoms with Crippen LogP contribution in [0.3, 0.4) is 0 Å². The van der Waals surface area contributed by atoms with Gasteiger partial charge in [0.2, 0.25) is 0 Å². The van der Waals surface area contributed by atoms with Crippen LogP contribution in [-0.2, 0) is 4.79 Å². The molecule has 0 spiro atoms. The third kappa shape index (κ3) is 3.40. The Labute approximate surface area is 78.2 Å². The number of benzene rings is 1. The van der Waals surface area contributed by atoms with Crippen LogP contribution >= 0.6 is 0 Å². The van der Waals surface area contributed by atoms with Crippen LogP contribution < -0.4 is 5.46 Å². The van der Waals surface area contributed by atoms with Gasteiger partial charge in [0.1, 0.15) is 6.79 Å². The molecule has 0 aliphatic rings. The van der Waals surface area contributed by atoms with Crippen LogP contribution in [0.5, 0.6) is 0 Å². The van der Waals surface area contributed by atoms with Gasteiger partial charge in [0.15, 0.2) is 0 Å².